The third-order valence-electron chi connectivity index (χ3n) is 7.44. The van der Waals surface area contributed by atoms with Crippen LogP contribution < -0.4 is 29.9 Å². The minimum atomic E-state index is -0.375. The maximum Gasteiger partial charge on any atom is 0.269 e. The molecule has 39 heavy (non-hydrogen) atoms. The first-order valence-corrected chi connectivity index (χ1v) is 13.5. The van der Waals surface area contributed by atoms with Crippen molar-refractivity contribution in [2.45, 2.75) is 44.7 Å². The summed E-state index contributed by atoms with van der Waals surface area (Å²) in [7, 11) is 0. The normalized spacial score (nSPS) is 17.2. The lowest BCUT2D eigenvalue weighted by atomic mass is 9.96. The molecule has 0 atom stereocenters. The van der Waals surface area contributed by atoms with Gasteiger partial charge in [0.05, 0.1) is 4.92 Å². The molecule has 3 aliphatic rings. The van der Waals surface area contributed by atoms with Gasteiger partial charge in [0.1, 0.15) is 0 Å². The topological polar surface area (TPSA) is 131 Å². The molecule has 0 unspecified atom stereocenters. The molecule has 6 rings (SSSR count). The summed E-state index contributed by atoms with van der Waals surface area (Å²) < 4.78 is 10.9. The number of aromatic nitrogens is 3. The highest BCUT2D eigenvalue weighted by molar-refractivity contribution is 5.53. The second-order valence-electron chi connectivity index (χ2n) is 10.1. The van der Waals surface area contributed by atoms with Crippen molar-refractivity contribution in [3.63, 3.8) is 0 Å². The van der Waals surface area contributed by atoms with Gasteiger partial charge in [-0.05, 0) is 42.7 Å². The molecule has 12 nitrogen and oxygen atoms in total. The van der Waals surface area contributed by atoms with Gasteiger partial charge in [-0.15, -0.1) is 0 Å². The Labute approximate surface area is 226 Å². The minimum absolute atomic E-state index is 0.0985. The van der Waals surface area contributed by atoms with E-state index < -0.39 is 0 Å². The first-order chi connectivity index (χ1) is 19.1. The molecule has 2 fully saturated rings. The van der Waals surface area contributed by atoms with E-state index in [4.69, 9.17) is 24.4 Å². The number of nitro benzene ring substituents is 1. The number of rotatable bonds is 8. The summed E-state index contributed by atoms with van der Waals surface area (Å²) >= 11 is 0. The van der Waals surface area contributed by atoms with Crippen LogP contribution in [0.25, 0.3) is 0 Å². The van der Waals surface area contributed by atoms with Crippen molar-refractivity contribution in [1.29, 1.82) is 0 Å². The number of benzene rings is 2. The Kier molecular flexibility index (Phi) is 7.15. The summed E-state index contributed by atoms with van der Waals surface area (Å²) in [5.74, 6) is 3.26. The van der Waals surface area contributed by atoms with Crippen LogP contribution in [0, 0.1) is 10.1 Å². The monoisotopic (exact) mass is 532 g/mol. The number of anilines is 4. The Hall–Kier alpha value is -4.35. The molecule has 2 N–H and O–H groups in total. The number of ether oxygens (including phenoxy) is 2. The van der Waals surface area contributed by atoms with Crippen molar-refractivity contribution in [2.75, 3.05) is 53.4 Å². The summed E-state index contributed by atoms with van der Waals surface area (Å²) in [5.41, 5.74) is 2.11. The number of piperazine rings is 1. The van der Waals surface area contributed by atoms with Gasteiger partial charge < -0.3 is 29.9 Å². The summed E-state index contributed by atoms with van der Waals surface area (Å²) in [6.45, 7) is 3.76. The average molecular weight is 533 g/mol. The minimum Gasteiger partial charge on any atom is -0.454 e. The Morgan fingerprint density at radius 1 is 0.872 bits per heavy atom. The first kappa shape index (κ1) is 25.0. The molecule has 2 aliphatic heterocycles. The number of hydrogen-bond donors (Lipinski definition) is 2. The number of hydrogen-bond acceptors (Lipinski definition) is 11. The van der Waals surface area contributed by atoms with Crippen LogP contribution in [0.15, 0.2) is 42.5 Å². The van der Waals surface area contributed by atoms with Gasteiger partial charge in [-0.1, -0.05) is 25.3 Å². The van der Waals surface area contributed by atoms with Gasteiger partial charge >= 0.3 is 0 Å². The van der Waals surface area contributed by atoms with Crippen LogP contribution in [-0.4, -0.2) is 58.9 Å². The molecule has 0 bridgehead atoms. The third-order valence-corrected chi connectivity index (χ3v) is 7.44. The highest BCUT2D eigenvalue weighted by Crippen LogP contribution is 2.32. The largest absolute Gasteiger partial charge is 0.454 e. The van der Waals surface area contributed by atoms with Gasteiger partial charge in [0.25, 0.3) is 5.69 Å². The van der Waals surface area contributed by atoms with E-state index in [1.165, 1.54) is 19.3 Å². The first-order valence-electron chi connectivity index (χ1n) is 13.5. The van der Waals surface area contributed by atoms with E-state index in [0.717, 1.165) is 61.8 Å². The molecule has 1 aliphatic carbocycles. The number of nitro groups is 1. The smallest absolute Gasteiger partial charge is 0.269 e. The molecular weight excluding hydrogens is 500 g/mol. The molecule has 0 amide bonds. The number of fused-ring (bicyclic) bond motifs is 1. The maximum atomic E-state index is 11.0. The molecule has 3 heterocycles. The zero-order valence-corrected chi connectivity index (χ0v) is 21.7. The fraction of sp³-hybridized carbons (Fsp3) is 0.444. The molecule has 1 saturated heterocycles. The second-order valence-corrected chi connectivity index (χ2v) is 10.1. The fourth-order valence-electron chi connectivity index (χ4n) is 5.26. The van der Waals surface area contributed by atoms with E-state index in [1.807, 2.05) is 18.2 Å². The standard InChI is InChI=1S/C27H32N8O4/c36-35(37)22-9-7-21(8-10-22)33-12-14-34(15-13-33)27-31-25(30-26(32-27)29-20-4-2-1-3-5-20)28-17-19-6-11-23-24(16-19)39-18-38-23/h6-11,16,20H,1-5,12-15,17-18H2,(H2,28,29,30,31,32). The molecule has 2 aromatic carbocycles. The molecular formula is C27H32N8O4. The predicted molar refractivity (Wildman–Crippen MR) is 148 cm³/mol. The van der Waals surface area contributed by atoms with Crippen LogP contribution in [0.3, 0.4) is 0 Å². The molecule has 3 aromatic rings. The molecule has 1 aromatic heterocycles. The van der Waals surface area contributed by atoms with Crippen molar-refractivity contribution in [2.24, 2.45) is 0 Å². The quantitative estimate of drug-likeness (QED) is 0.320. The Morgan fingerprint density at radius 3 is 2.36 bits per heavy atom. The lowest BCUT2D eigenvalue weighted by Crippen LogP contribution is -2.47. The van der Waals surface area contributed by atoms with Gasteiger partial charge in [-0.2, -0.15) is 15.0 Å². The Balaban J connectivity index is 1.16. The zero-order valence-electron chi connectivity index (χ0n) is 21.7. The number of nitrogens with zero attached hydrogens (tertiary/aromatic N) is 6. The van der Waals surface area contributed by atoms with Crippen molar-refractivity contribution in [3.8, 4) is 11.5 Å². The Bertz CT molecular complexity index is 1310. The van der Waals surface area contributed by atoms with E-state index in [1.54, 1.807) is 24.3 Å². The fourth-order valence-corrected chi connectivity index (χ4v) is 5.26. The third kappa shape index (κ3) is 5.89. The van der Waals surface area contributed by atoms with Crippen LogP contribution in [0.4, 0.5) is 29.2 Å². The van der Waals surface area contributed by atoms with E-state index >= 15 is 0 Å². The van der Waals surface area contributed by atoms with Crippen molar-refractivity contribution in [3.05, 3.63) is 58.1 Å². The van der Waals surface area contributed by atoms with Crippen molar-refractivity contribution >= 4 is 29.2 Å². The van der Waals surface area contributed by atoms with Crippen LogP contribution >= 0.6 is 0 Å². The maximum absolute atomic E-state index is 11.0. The molecule has 204 valence electrons. The lowest BCUT2D eigenvalue weighted by molar-refractivity contribution is -0.384. The summed E-state index contributed by atoms with van der Waals surface area (Å²) in [4.78, 5) is 29.3. The summed E-state index contributed by atoms with van der Waals surface area (Å²) in [6, 6.07) is 13.0. The molecule has 12 heteroatoms. The summed E-state index contributed by atoms with van der Waals surface area (Å²) in [6.07, 6.45) is 5.96. The predicted octanol–water partition coefficient (Wildman–Crippen LogP) is 4.19. The van der Waals surface area contributed by atoms with Gasteiger partial charge in [0.15, 0.2) is 11.5 Å². The van der Waals surface area contributed by atoms with Gasteiger partial charge in [0.2, 0.25) is 24.6 Å². The summed E-state index contributed by atoms with van der Waals surface area (Å²) in [5, 5.41) is 17.9. The molecule has 0 spiro atoms. The van der Waals surface area contributed by atoms with Crippen molar-refractivity contribution < 1.29 is 14.4 Å². The van der Waals surface area contributed by atoms with Crippen LogP contribution in [0.1, 0.15) is 37.7 Å². The highest BCUT2D eigenvalue weighted by atomic mass is 16.7. The van der Waals surface area contributed by atoms with Crippen LogP contribution in [0.5, 0.6) is 11.5 Å². The lowest BCUT2D eigenvalue weighted by Gasteiger charge is -2.36. The van der Waals surface area contributed by atoms with E-state index in [2.05, 4.69) is 20.4 Å². The van der Waals surface area contributed by atoms with E-state index in [0.29, 0.717) is 30.4 Å². The molecule has 1 saturated carbocycles. The van der Waals surface area contributed by atoms with Gasteiger partial charge in [-0.3, -0.25) is 10.1 Å². The molecule has 0 radical (unpaired) electrons. The van der Waals surface area contributed by atoms with Gasteiger partial charge in [0, 0.05) is 56.6 Å². The van der Waals surface area contributed by atoms with E-state index in [-0.39, 0.29) is 17.4 Å². The average Bonchev–Trinajstić information content (AvgIpc) is 3.45. The van der Waals surface area contributed by atoms with Crippen LogP contribution in [-0.2, 0) is 6.54 Å². The number of non-ortho nitro benzene ring substituents is 1. The van der Waals surface area contributed by atoms with E-state index in [9.17, 15) is 10.1 Å². The second kappa shape index (κ2) is 11.2. The van der Waals surface area contributed by atoms with Crippen LogP contribution in [0.2, 0.25) is 0 Å². The van der Waals surface area contributed by atoms with Crippen molar-refractivity contribution in [1.82, 2.24) is 15.0 Å². The van der Waals surface area contributed by atoms with Gasteiger partial charge in [-0.25, -0.2) is 0 Å². The zero-order chi connectivity index (χ0) is 26.6. The SMILES string of the molecule is O=[N+]([O-])c1ccc(N2CCN(c3nc(NCc4ccc5c(c4)OCO5)nc(NC4CCCCC4)n3)CC2)cc1. The Morgan fingerprint density at radius 2 is 1.59 bits per heavy atom. The number of nitrogens with one attached hydrogen (secondary N) is 2. The highest BCUT2D eigenvalue weighted by Gasteiger charge is 2.23.